The number of carbonyl (C=O) groups is 1. The number of benzene rings is 3. The molecule has 0 bridgehead atoms. The Balaban J connectivity index is 1.18. The average Bonchev–Trinajstić information content (AvgIpc) is 3.25. The lowest BCUT2D eigenvalue weighted by Crippen LogP contribution is -2.36. The molecule has 1 aliphatic heterocycles. The zero-order valence-corrected chi connectivity index (χ0v) is 19.1. The van der Waals surface area contributed by atoms with Crippen molar-refractivity contribution in [3.63, 3.8) is 0 Å². The van der Waals surface area contributed by atoms with Gasteiger partial charge in [-0.15, -0.1) is 0 Å². The molecule has 174 valence electrons. The van der Waals surface area contributed by atoms with E-state index in [2.05, 4.69) is 21.3 Å². The summed E-state index contributed by atoms with van der Waals surface area (Å²) in [6.07, 6.45) is 3.59. The molecule has 5 nitrogen and oxygen atoms in total. The van der Waals surface area contributed by atoms with Gasteiger partial charge in [0.1, 0.15) is 5.82 Å². The van der Waals surface area contributed by atoms with Crippen LogP contribution in [0.2, 0.25) is 0 Å². The highest BCUT2D eigenvalue weighted by molar-refractivity contribution is 5.98. The maximum atomic E-state index is 13.2. The second kappa shape index (κ2) is 8.64. The van der Waals surface area contributed by atoms with Crippen molar-refractivity contribution >= 4 is 27.9 Å². The molecule has 0 fully saturated rings. The first kappa shape index (κ1) is 21.5. The summed E-state index contributed by atoms with van der Waals surface area (Å²) in [4.78, 5) is 30.7. The maximum Gasteiger partial charge on any atom is 0.256 e. The number of aromatic amines is 1. The smallest absolute Gasteiger partial charge is 0.256 e. The topological polar surface area (TPSA) is 65.2 Å². The minimum Gasteiger partial charge on any atom is -0.325 e. The van der Waals surface area contributed by atoms with Gasteiger partial charge < -0.3 is 10.3 Å². The number of aromatic nitrogens is 1. The maximum absolute atomic E-state index is 13.2. The summed E-state index contributed by atoms with van der Waals surface area (Å²) in [5, 5.41) is 4.74. The number of nitrogens with zero attached hydrogens (tertiary/aromatic N) is 1. The van der Waals surface area contributed by atoms with Crippen LogP contribution in [0.15, 0.2) is 77.6 Å². The number of H-pyrrole nitrogens is 1. The van der Waals surface area contributed by atoms with Gasteiger partial charge in [0.2, 0.25) is 5.91 Å². The lowest BCUT2D eigenvalue weighted by Gasteiger charge is -2.26. The minimum atomic E-state index is -0.238. The molecule has 2 N–H and O–H groups in total. The summed E-state index contributed by atoms with van der Waals surface area (Å²) in [5.41, 5.74) is 6.82. The molecule has 2 heterocycles. The van der Waals surface area contributed by atoms with Gasteiger partial charge in [0.05, 0.1) is 12.2 Å². The van der Waals surface area contributed by atoms with E-state index in [1.807, 2.05) is 42.5 Å². The molecule has 4 aromatic rings. The van der Waals surface area contributed by atoms with Crippen molar-refractivity contribution in [2.24, 2.45) is 0 Å². The summed E-state index contributed by atoms with van der Waals surface area (Å²) in [6.45, 7) is 1.73. The third kappa shape index (κ3) is 3.96. The minimum absolute atomic E-state index is 0.0636. The van der Waals surface area contributed by atoms with E-state index >= 15 is 0 Å². The summed E-state index contributed by atoms with van der Waals surface area (Å²) in [7, 11) is 0. The molecule has 6 heteroatoms. The van der Waals surface area contributed by atoms with Gasteiger partial charge in [-0.3, -0.25) is 14.5 Å². The predicted molar refractivity (Wildman–Crippen MR) is 137 cm³/mol. The van der Waals surface area contributed by atoms with Crippen LogP contribution in [-0.4, -0.2) is 35.4 Å². The Bertz CT molecular complexity index is 1550. The van der Waals surface area contributed by atoms with E-state index in [0.29, 0.717) is 24.9 Å². The van der Waals surface area contributed by atoms with Crippen LogP contribution in [0, 0.1) is 5.82 Å². The molecule has 6 rings (SSSR count). The Morgan fingerprint density at radius 1 is 0.971 bits per heavy atom. The van der Waals surface area contributed by atoms with Crippen LogP contribution in [0.3, 0.4) is 0 Å². The van der Waals surface area contributed by atoms with Crippen molar-refractivity contribution in [1.29, 1.82) is 0 Å². The van der Waals surface area contributed by atoms with Crippen molar-refractivity contribution in [2.75, 3.05) is 25.0 Å². The molecule has 1 aromatic heterocycles. The first-order chi connectivity index (χ1) is 17.1. The summed E-state index contributed by atoms with van der Waals surface area (Å²) < 4.78 is 13.2. The molecule has 1 aliphatic carbocycles. The molecule has 3 aromatic carbocycles. The van der Waals surface area contributed by atoms with Crippen LogP contribution in [0.1, 0.15) is 23.1 Å². The first-order valence-electron chi connectivity index (χ1n) is 11.8. The van der Waals surface area contributed by atoms with Crippen molar-refractivity contribution < 1.29 is 9.18 Å². The standard InChI is InChI=1S/C29H24FN3O2/c30-20-10-8-18(9-11-20)19-12-14-33(15-13-19)17-27(34)31-26-7-3-6-22-24(26)16-25-21-4-1-2-5-23(21)29(35)32-28(22)25/h1-12H,13-17H2,(H,31,34)(H,32,35). The van der Waals surface area contributed by atoms with E-state index < -0.39 is 0 Å². The SMILES string of the molecule is O=C(CN1CC=C(c2ccc(F)cc2)CC1)Nc1cccc2c1Cc1c-2[nH]c(=O)c2ccccc12. The fourth-order valence-electron chi connectivity index (χ4n) is 5.23. The third-order valence-corrected chi connectivity index (χ3v) is 6.99. The normalized spacial score (nSPS) is 14.9. The van der Waals surface area contributed by atoms with Gasteiger partial charge in [0.15, 0.2) is 0 Å². The van der Waals surface area contributed by atoms with E-state index in [4.69, 9.17) is 0 Å². The van der Waals surface area contributed by atoms with Gasteiger partial charge in [-0.2, -0.15) is 0 Å². The first-order valence-corrected chi connectivity index (χ1v) is 11.8. The van der Waals surface area contributed by atoms with E-state index in [-0.39, 0.29) is 17.3 Å². The molecular formula is C29H24FN3O2. The quantitative estimate of drug-likeness (QED) is 0.394. The highest BCUT2D eigenvalue weighted by atomic mass is 19.1. The van der Waals surface area contributed by atoms with Gasteiger partial charge in [-0.05, 0) is 58.3 Å². The Morgan fingerprint density at radius 3 is 2.54 bits per heavy atom. The monoisotopic (exact) mass is 465 g/mol. The summed E-state index contributed by atoms with van der Waals surface area (Å²) in [6, 6.07) is 20.0. The lowest BCUT2D eigenvalue weighted by atomic mass is 9.99. The van der Waals surface area contributed by atoms with Crippen LogP contribution in [0.4, 0.5) is 10.1 Å². The van der Waals surface area contributed by atoms with Crippen molar-refractivity contribution in [3.05, 3.63) is 106 Å². The number of nitrogens with one attached hydrogen (secondary N) is 2. The highest BCUT2D eigenvalue weighted by Gasteiger charge is 2.25. The molecular weight excluding hydrogens is 441 g/mol. The summed E-state index contributed by atoms with van der Waals surface area (Å²) in [5.74, 6) is -0.301. The molecule has 0 saturated carbocycles. The molecule has 0 spiro atoms. The number of anilines is 1. The number of hydrogen-bond donors (Lipinski definition) is 2. The summed E-state index contributed by atoms with van der Waals surface area (Å²) >= 11 is 0. The number of rotatable bonds is 4. The largest absolute Gasteiger partial charge is 0.325 e. The molecule has 0 unspecified atom stereocenters. The van der Waals surface area contributed by atoms with Crippen molar-refractivity contribution in [1.82, 2.24) is 9.88 Å². The zero-order chi connectivity index (χ0) is 23.9. The molecule has 0 saturated heterocycles. The molecule has 0 atom stereocenters. The number of hydrogen-bond acceptors (Lipinski definition) is 3. The molecule has 1 amide bonds. The lowest BCUT2D eigenvalue weighted by molar-refractivity contribution is -0.117. The molecule has 35 heavy (non-hydrogen) atoms. The van der Waals surface area contributed by atoms with E-state index in [0.717, 1.165) is 52.0 Å². The van der Waals surface area contributed by atoms with Crippen LogP contribution in [0.5, 0.6) is 0 Å². The Morgan fingerprint density at radius 2 is 1.77 bits per heavy atom. The van der Waals surface area contributed by atoms with Gasteiger partial charge in [0, 0.05) is 36.1 Å². The zero-order valence-electron chi connectivity index (χ0n) is 19.1. The number of carbonyl (C=O) groups excluding carboxylic acids is 1. The van der Waals surface area contributed by atoms with Crippen LogP contribution in [-0.2, 0) is 11.2 Å². The van der Waals surface area contributed by atoms with Gasteiger partial charge in [-0.1, -0.05) is 48.5 Å². The Labute approximate surface area is 201 Å². The second-order valence-corrected chi connectivity index (χ2v) is 9.13. The van der Waals surface area contributed by atoms with E-state index in [9.17, 15) is 14.0 Å². The second-order valence-electron chi connectivity index (χ2n) is 9.13. The number of amides is 1. The Hall–Kier alpha value is -4.03. The average molecular weight is 466 g/mol. The third-order valence-electron chi connectivity index (χ3n) is 6.99. The number of pyridine rings is 1. The predicted octanol–water partition coefficient (Wildman–Crippen LogP) is 4.97. The molecule has 0 radical (unpaired) electrons. The fraction of sp³-hybridized carbons (Fsp3) is 0.172. The fourth-order valence-corrected chi connectivity index (χ4v) is 5.23. The highest BCUT2D eigenvalue weighted by Crippen LogP contribution is 2.41. The van der Waals surface area contributed by atoms with Crippen LogP contribution < -0.4 is 10.9 Å². The van der Waals surface area contributed by atoms with Crippen LogP contribution in [0.25, 0.3) is 27.6 Å². The molecule has 2 aliphatic rings. The van der Waals surface area contributed by atoms with E-state index in [1.165, 1.54) is 17.7 Å². The van der Waals surface area contributed by atoms with Gasteiger partial charge in [0.25, 0.3) is 5.56 Å². The number of fused-ring (bicyclic) bond motifs is 5. The Kier molecular flexibility index (Phi) is 5.30. The number of halogens is 1. The van der Waals surface area contributed by atoms with Crippen molar-refractivity contribution in [3.8, 4) is 11.3 Å². The van der Waals surface area contributed by atoms with E-state index in [1.54, 1.807) is 12.1 Å². The van der Waals surface area contributed by atoms with Crippen molar-refractivity contribution in [2.45, 2.75) is 12.8 Å². The van der Waals surface area contributed by atoms with Gasteiger partial charge >= 0.3 is 0 Å². The van der Waals surface area contributed by atoms with Gasteiger partial charge in [-0.25, -0.2) is 4.39 Å². The van der Waals surface area contributed by atoms with Crippen LogP contribution >= 0.6 is 0 Å².